The zero-order valence-electron chi connectivity index (χ0n) is 12.4. The van der Waals surface area contributed by atoms with E-state index in [9.17, 15) is 0 Å². The van der Waals surface area contributed by atoms with Crippen molar-refractivity contribution in [1.29, 1.82) is 0 Å². The van der Waals surface area contributed by atoms with E-state index in [1.54, 1.807) is 0 Å². The minimum atomic E-state index is 0.278. The predicted octanol–water partition coefficient (Wildman–Crippen LogP) is 3.61. The molecule has 1 N–H and O–H groups in total. The molecule has 0 aromatic heterocycles. The maximum absolute atomic E-state index is 6.37. The van der Waals surface area contributed by atoms with Crippen LogP contribution < -0.4 is 5.32 Å². The normalized spacial score (nSPS) is 40.1. The van der Waals surface area contributed by atoms with E-state index >= 15 is 0 Å². The standard InChI is InChI=1S/C18H25NO/c1-13-8-10-18(11-9-13)12-20-17-15-5-3-2-4-14(15)6-7-16(17)19-18/h2-5,13,16-17,19H,6-12H2,1H3. The molecule has 1 heterocycles. The van der Waals surface area contributed by atoms with Crippen LogP contribution in [0.15, 0.2) is 24.3 Å². The lowest BCUT2D eigenvalue weighted by Crippen LogP contribution is -2.61. The maximum Gasteiger partial charge on any atom is 0.0981 e. The molecule has 0 bridgehead atoms. The number of rotatable bonds is 0. The number of hydrogen-bond acceptors (Lipinski definition) is 2. The first-order valence-corrected chi connectivity index (χ1v) is 8.23. The zero-order valence-corrected chi connectivity index (χ0v) is 12.4. The largest absolute Gasteiger partial charge is 0.370 e. The monoisotopic (exact) mass is 271 g/mol. The van der Waals surface area contributed by atoms with E-state index < -0.39 is 0 Å². The van der Waals surface area contributed by atoms with Crippen LogP contribution in [0.25, 0.3) is 0 Å². The van der Waals surface area contributed by atoms with Gasteiger partial charge in [-0.25, -0.2) is 0 Å². The van der Waals surface area contributed by atoms with Gasteiger partial charge in [0.1, 0.15) is 0 Å². The summed E-state index contributed by atoms with van der Waals surface area (Å²) in [5, 5.41) is 4.01. The highest BCUT2D eigenvalue weighted by molar-refractivity contribution is 5.33. The Morgan fingerprint density at radius 3 is 2.80 bits per heavy atom. The molecular formula is C18H25NO. The summed E-state index contributed by atoms with van der Waals surface area (Å²) in [6.45, 7) is 3.28. The van der Waals surface area contributed by atoms with E-state index in [0.29, 0.717) is 6.04 Å². The van der Waals surface area contributed by atoms with Gasteiger partial charge < -0.3 is 10.1 Å². The Labute approximate surface area is 121 Å². The Balaban J connectivity index is 1.55. The lowest BCUT2D eigenvalue weighted by atomic mass is 9.74. The molecule has 4 rings (SSSR count). The van der Waals surface area contributed by atoms with Crippen LogP contribution in [-0.4, -0.2) is 18.2 Å². The van der Waals surface area contributed by atoms with Crippen LogP contribution in [0.2, 0.25) is 0 Å². The summed E-state index contributed by atoms with van der Waals surface area (Å²) in [5.41, 5.74) is 3.19. The van der Waals surface area contributed by atoms with Crippen LogP contribution in [0.1, 0.15) is 56.3 Å². The van der Waals surface area contributed by atoms with Crippen molar-refractivity contribution in [2.45, 2.75) is 63.1 Å². The second-order valence-corrected chi connectivity index (χ2v) is 7.18. The fourth-order valence-corrected chi connectivity index (χ4v) is 4.36. The van der Waals surface area contributed by atoms with E-state index in [-0.39, 0.29) is 11.6 Å². The van der Waals surface area contributed by atoms with Crippen LogP contribution in [-0.2, 0) is 11.2 Å². The van der Waals surface area contributed by atoms with E-state index in [4.69, 9.17) is 4.74 Å². The molecule has 1 spiro atoms. The molecule has 3 aliphatic rings. The number of benzene rings is 1. The molecule has 1 aromatic rings. The molecule has 1 saturated heterocycles. The number of fused-ring (bicyclic) bond motifs is 3. The van der Waals surface area contributed by atoms with Gasteiger partial charge in [0.2, 0.25) is 0 Å². The molecule has 1 saturated carbocycles. The first-order chi connectivity index (χ1) is 9.76. The molecule has 2 unspecified atom stereocenters. The van der Waals surface area contributed by atoms with Crippen LogP contribution in [0.3, 0.4) is 0 Å². The summed E-state index contributed by atoms with van der Waals surface area (Å²) in [7, 11) is 0. The van der Waals surface area contributed by atoms with Gasteiger partial charge in [0.15, 0.2) is 0 Å². The van der Waals surface area contributed by atoms with Gasteiger partial charge >= 0.3 is 0 Å². The Kier molecular flexibility index (Phi) is 3.12. The SMILES string of the molecule is CC1CCC2(CC1)COC1c3ccccc3CCC1N2. The number of aryl methyl sites for hydroxylation is 1. The lowest BCUT2D eigenvalue weighted by Gasteiger charge is -2.50. The van der Waals surface area contributed by atoms with Gasteiger partial charge in [-0.2, -0.15) is 0 Å². The fraction of sp³-hybridized carbons (Fsp3) is 0.667. The maximum atomic E-state index is 6.37. The second kappa shape index (κ2) is 4.85. The fourth-order valence-electron chi connectivity index (χ4n) is 4.36. The Hall–Kier alpha value is -0.860. The molecule has 108 valence electrons. The van der Waals surface area contributed by atoms with Crippen molar-refractivity contribution in [3.8, 4) is 0 Å². The highest BCUT2D eigenvalue weighted by Gasteiger charge is 2.44. The third-order valence-corrected chi connectivity index (χ3v) is 5.71. The van der Waals surface area contributed by atoms with E-state index in [2.05, 4.69) is 36.5 Å². The summed E-state index contributed by atoms with van der Waals surface area (Å²) in [4.78, 5) is 0. The van der Waals surface area contributed by atoms with Gasteiger partial charge in [0.25, 0.3) is 0 Å². The molecule has 0 amide bonds. The molecule has 1 aliphatic heterocycles. The summed E-state index contributed by atoms with van der Waals surface area (Å²) >= 11 is 0. The van der Waals surface area contributed by atoms with Gasteiger partial charge in [-0.1, -0.05) is 31.2 Å². The highest BCUT2D eigenvalue weighted by Crippen LogP contribution is 2.42. The van der Waals surface area contributed by atoms with Crippen molar-refractivity contribution >= 4 is 0 Å². The Morgan fingerprint density at radius 1 is 1.15 bits per heavy atom. The topological polar surface area (TPSA) is 21.3 Å². The predicted molar refractivity (Wildman–Crippen MR) is 80.7 cm³/mol. The molecule has 2 atom stereocenters. The van der Waals surface area contributed by atoms with Crippen LogP contribution in [0.4, 0.5) is 0 Å². The van der Waals surface area contributed by atoms with Gasteiger partial charge in [-0.15, -0.1) is 0 Å². The smallest absolute Gasteiger partial charge is 0.0981 e. The molecule has 2 heteroatoms. The Bertz CT molecular complexity index is 490. The third kappa shape index (κ3) is 2.10. The number of morpholine rings is 1. The molecule has 1 aromatic carbocycles. The van der Waals surface area contributed by atoms with Gasteiger partial charge in [-0.3, -0.25) is 0 Å². The van der Waals surface area contributed by atoms with Gasteiger partial charge in [0, 0.05) is 11.6 Å². The van der Waals surface area contributed by atoms with Gasteiger partial charge in [-0.05, 0) is 55.6 Å². The molecule has 2 fully saturated rings. The van der Waals surface area contributed by atoms with Crippen molar-refractivity contribution in [3.05, 3.63) is 35.4 Å². The lowest BCUT2D eigenvalue weighted by molar-refractivity contribution is -0.0840. The highest BCUT2D eigenvalue weighted by atomic mass is 16.5. The first-order valence-electron chi connectivity index (χ1n) is 8.23. The average molecular weight is 271 g/mol. The zero-order chi connectivity index (χ0) is 13.6. The van der Waals surface area contributed by atoms with Crippen molar-refractivity contribution in [2.24, 2.45) is 5.92 Å². The van der Waals surface area contributed by atoms with Crippen molar-refractivity contribution < 1.29 is 4.74 Å². The van der Waals surface area contributed by atoms with Crippen LogP contribution in [0, 0.1) is 5.92 Å². The second-order valence-electron chi connectivity index (χ2n) is 7.18. The van der Waals surface area contributed by atoms with Crippen molar-refractivity contribution in [3.63, 3.8) is 0 Å². The first kappa shape index (κ1) is 12.8. The van der Waals surface area contributed by atoms with Crippen molar-refractivity contribution in [1.82, 2.24) is 5.32 Å². The summed E-state index contributed by atoms with van der Waals surface area (Å²) in [6, 6.07) is 9.35. The molecule has 2 nitrogen and oxygen atoms in total. The quantitative estimate of drug-likeness (QED) is 0.778. The van der Waals surface area contributed by atoms with E-state index in [1.807, 2.05) is 0 Å². The van der Waals surface area contributed by atoms with Crippen LogP contribution in [0.5, 0.6) is 0 Å². The van der Waals surface area contributed by atoms with Crippen LogP contribution >= 0.6 is 0 Å². The molecule has 2 aliphatic carbocycles. The van der Waals surface area contributed by atoms with E-state index in [0.717, 1.165) is 12.5 Å². The minimum absolute atomic E-state index is 0.278. The average Bonchev–Trinajstić information content (AvgIpc) is 2.50. The molecule has 0 radical (unpaired) electrons. The Morgan fingerprint density at radius 2 is 1.95 bits per heavy atom. The van der Waals surface area contributed by atoms with Gasteiger partial charge in [0.05, 0.1) is 12.7 Å². The van der Waals surface area contributed by atoms with E-state index in [1.165, 1.54) is 49.7 Å². The summed E-state index contributed by atoms with van der Waals surface area (Å²) in [6.07, 6.45) is 7.98. The minimum Gasteiger partial charge on any atom is -0.370 e. The number of hydrogen-bond donors (Lipinski definition) is 1. The van der Waals surface area contributed by atoms with Crippen molar-refractivity contribution in [2.75, 3.05) is 6.61 Å². The summed E-state index contributed by atoms with van der Waals surface area (Å²) < 4.78 is 6.37. The third-order valence-electron chi connectivity index (χ3n) is 5.71. The number of ether oxygens (including phenoxy) is 1. The molecule has 20 heavy (non-hydrogen) atoms. The molecular weight excluding hydrogens is 246 g/mol. The summed E-state index contributed by atoms with van der Waals surface area (Å²) in [5.74, 6) is 0.896. The number of nitrogens with one attached hydrogen (secondary N) is 1.